The molecule has 1 aliphatic rings. The summed E-state index contributed by atoms with van der Waals surface area (Å²) in [4.78, 5) is 22.8. The van der Waals surface area contributed by atoms with Crippen LogP contribution in [0.2, 0.25) is 0 Å². The van der Waals surface area contributed by atoms with Gasteiger partial charge in [-0.25, -0.2) is 9.59 Å². The van der Waals surface area contributed by atoms with Crippen molar-refractivity contribution in [3.8, 4) is 0 Å². The Morgan fingerprint density at radius 2 is 2.08 bits per heavy atom. The molecule has 0 bridgehead atoms. The van der Waals surface area contributed by atoms with Gasteiger partial charge in [0, 0.05) is 19.1 Å². The SMILES string of the molecule is NC(=O)NC1CCCN(C(N)=O)C1. The Bertz CT molecular complexity index is 219. The predicted octanol–water partition coefficient (Wildman–Crippen LogP) is -0.802. The number of primary amides is 2. The number of piperidine rings is 1. The molecule has 1 unspecified atom stereocenters. The van der Waals surface area contributed by atoms with Crippen LogP contribution in [0.15, 0.2) is 0 Å². The van der Waals surface area contributed by atoms with Gasteiger partial charge in [0.05, 0.1) is 0 Å². The number of hydrogen-bond donors (Lipinski definition) is 3. The maximum absolute atomic E-state index is 10.8. The largest absolute Gasteiger partial charge is 0.352 e. The zero-order valence-corrected chi connectivity index (χ0v) is 7.32. The number of nitrogens with two attached hydrogens (primary N) is 2. The number of nitrogens with zero attached hydrogens (tertiary/aromatic N) is 1. The molecular formula is C7H14N4O2. The minimum Gasteiger partial charge on any atom is -0.352 e. The molecule has 1 fully saturated rings. The van der Waals surface area contributed by atoms with E-state index in [0.29, 0.717) is 13.1 Å². The molecule has 0 radical (unpaired) electrons. The second-order valence-electron chi connectivity index (χ2n) is 3.13. The van der Waals surface area contributed by atoms with Gasteiger partial charge in [0.2, 0.25) is 0 Å². The van der Waals surface area contributed by atoms with Crippen LogP contribution in [0.5, 0.6) is 0 Å². The topological polar surface area (TPSA) is 101 Å². The zero-order valence-electron chi connectivity index (χ0n) is 7.32. The molecule has 0 aromatic carbocycles. The quantitative estimate of drug-likeness (QED) is 0.499. The highest BCUT2D eigenvalue weighted by Crippen LogP contribution is 2.08. The van der Waals surface area contributed by atoms with Gasteiger partial charge in [-0.2, -0.15) is 0 Å². The fourth-order valence-corrected chi connectivity index (χ4v) is 1.50. The normalized spacial score (nSPS) is 22.5. The van der Waals surface area contributed by atoms with E-state index in [-0.39, 0.29) is 6.04 Å². The van der Waals surface area contributed by atoms with Gasteiger partial charge in [-0.15, -0.1) is 0 Å². The van der Waals surface area contributed by atoms with E-state index in [4.69, 9.17) is 11.5 Å². The van der Waals surface area contributed by atoms with E-state index >= 15 is 0 Å². The summed E-state index contributed by atoms with van der Waals surface area (Å²) in [5, 5.41) is 2.56. The number of carbonyl (C=O) groups excluding carboxylic acids is 2. The molecule has 0 saturated carbocycles. The van der Waals surface area contributed by atoms with Crippen molar-refractivity contribution in [2.24, 2.45) is 11.5 Å². The van der Waals surface area contributed by atoms with Crippen LogP contribution in [-0.2, 0) is 0 Å². The fourth-order valence-electron chi connectivity index (χ4n) is 1.50. The highest BCUT2D eigenvalue weighted by atomic mass is 16.2. The maximum Gasteiger partial charge on any atom is 0.314 e. The van der Waals surface area contributed by atoms with Crippen LogP contribution in [0.1, 0.15) is 12.8 Å². The van der Waals surface area contributed by atoms with Crippen LogP contribution in [0.25, 0.3) is 0 Å². The molecule has 0 aromatic heterocycles. The molecule has 74 valence electrons. The van der Waals surface area contributed by atoms with E-state index < -0.39 is 12.1 Å². The van der Waals surface area contributed by atoms with Crippen molar-refractivity contribution in [2.75, 3.05) is 13.1 Å². The maximum atomic E-state index is 10.8. The second kappa shape index (κ2) is 3.97. The molecule has 0 aromatic rings. The Morgan fingerprint density at radius 1 is 1.38 bits per heavy atom. The van der Waals surface area contributed by atoms with E-state index in [2.05, 4.69) is 5.32 Å². The fraction of sp³-hybridized carbons (Fsp3) is 0.714. The van der Waals surface area contributed by atoms with Crippen LogP contribution in [0.3, 0.4) is 0 Å². The molecule has 4 amide bonds. The number of carbonyl (C=O) groups is 2. The van der Waals surface area contributed by atoms with E-state index in [1.807, 2.05) is 0 Å². The first-order valence-corrected chi connectivity index (χ1v) is 4.20. The third kappa shape index (κ3) is 2.81. The smallest absolute Gasteiger partial charge is 0.314 e. The summed E-state index contributed by atoms with van der Waals surface area (Å²) >= 11 is 0. The van der Waals surface area contributed by atoms with E-state index in [9.17, 15) is 9.59 Å². The Balaban J connectivity index is 2.41. The van der Waals surface area contributed by atoms with Gasteiger partial charge in [0.1, 0.15) is 0 Å². The first-order chi connectivity index (χ1) is 6.09. The van der Waals surface area contributed by atoms with Crippen LogP contribution in [-0.4, -0.2) is 36.1 Å². The van der Waals surface area contributed by atoms with Crippen molar-refractivity contribution in [1.29, 1.82) is 0 Å². The summed E-state index contributed by atoms with van der Waals surface area (Å²) in [6, 6.07) is -1.06. The summed E-state index contributed by atoms with van der Waals surface area (Å²) in [5.41, 5.74) is 10.1. The van der Waals surface area contributed by atoms with Crippen LogP contribution in [0, 0.1) is 0 Å². The van der Waals surface area contributed by atoms with Crippen molar-refractivity contribution < 1.29 is 9.59 Å². The summed E-state index contributed by atoms with van der Waals surface area (Å²) in [5.74, 6) is 0. The number of hydrogen-bond acceptors (Lipinski definition) is 2. The average molecular weight is 186 g/mol. The molecule has 6 heteroatoms. The van der Waals surface area contributed by atoms with Crippen molar-refractivity contribution >= 4 is 12.1 Å². The number of likely N-dealkylation sites (tertiary alicyclic amines) is 1. The van der Waals surface area contributed by atoms with Crippen molar-refractivity contribution in [3.05, 3.63) is 0 Å². The molecule has 1 atom stereocenters. The van der Waals surface area contributed by atoms with Crippen LogP contribution in [0.4, 0.5) is 9.59 Å². The van der Waals surface area contributed by atoms with Crippen LogP contribution < -0.4 is 16.8 Å². The monoisotopic (exact) mass is 186 g/mol. The summed E-state index contributed by atoms with van der Waals surface area (Å²) in [6.07, 6.45) is 1.68. The third-order valence-electron chi connectivity index (χ3n) is 2.08. The lowest BCUT2D eigenvalue weighted by Crippen LogP contribution is -2.52. The highest BCUT2D eigenvalue weighted by molar-refractivity contribution is 5.73. The molecule has 1 saturated heterocycles. The Morgan fingerprint density at radius 3 is 2.62 bits per heavy atom. The van der Waals surface area contributed by atoms with Crippen molar-refractivity contribution in [2.45, 2.75) is 18.9 Å². The van der Waals surface area contributed by atoms with Crippen molar-refractivity contribution in [1.82, 2.24) is 10.2 Å². The number of rotatable bonds is 1. The predicted molar refractivity (Wildman–Crippen MR) is 46.9 cm³/mol. The second-order valence-corrected chi connectivity index (χ2v) is 3.13. The molecule has 5 N–H and O–H groups in total. The molecule has 6 nitrogen and oxygen atoms in total. The average Bonchev–Trinajstić information content (AvgIpc) is 2.03. The Hall–Kier alpha value is -1.46. The van der Waals surface area contributed by atoms with Gasteiger partial charge in [-0.1, -0.05) is 0 Å². The molecular weight excluding hydrogens is 172 g/mol. The van der Waals surface area contributed by atoms with E-state index in [1.54, 1.807) is 0 Å². The van der Waals surface area contributed by atoms with Gasteiger partial charge in [-0.3, -0.25) is 0 Å². The Labute approximate surface area is 76.2 Å². The number of nitrogens with one attached hydrogen (secondary N) is 1. The first-order valence-electron chi connectivity index (χ1n) is 4.20. The number of urea groups is 2. The summed E-state index contributed by atoms with van der Waals surface area (Å²) < 4.78 is 0. The molecule has 13 heavy (non-hydrogen) atoms. The zero-order chi connectivity index (χ0) is 9.84. The van der Waals surface area contributed by atoms with E-state index in [1.165, 1.54) is 4.90 Å². The van der Waals surface area contributed by atoms with Crippen LogP contribution >= 0.6 is 0 Å². The van der Waals surface area contributed by atoms with Gasteiger partial charge in [0.25, 0.3) is 0 Å². The summed E-state index contributed by atoms with van der Waals surface area (Å²) in [7, 11) is 0. The minimum atomic E-state index is -0.559. The van der Waals surface area contributed by atoms with Gasteiger partial charge >= 0.3 is 12.1 Å². The molecule has 1 heterocycles. The molecule has 0 aliphatic carbocycles. The summed E-state index contributed by atoms with van der Waals surface area (Å²) in [6.45, 7) is 1.12. The lowest BCUT2D eigenvalue weighted by atomic mass is 10.1. The van der Waals surface area contributed by atoms with Gasteiger partial charge < -0.3 is 21.7 Å². The first kappa shape index (κ1) is 9.63. The lowest BCUT2D eigenvalue weighted by Gasteiger charge is -2.31. The third-order valence-corrected chi connectivity index (χ3v) is 2.08. The molecule has 0 spiro atoms. The highest BCUT2D eigenvalue weighted by Gasteiger charge is 2.22. The van der Waals surface area contributed by atoms with Crippen molar-refractivity contribution in [3.63, 3.8) is 0 Å². The van der Waals surface area contributed by atoms with Gasteiger partial charge in [-0.05, 0) is 12.8 Å². The standard InChI is InChI=1S/C7H14N4O2/c8-6(12)10-5-2-1-3-11(4-5)7(9)13/h5H,1-4H2,(H2,9,13)(H3,8,10,12). The molecule has 1 aliphatic heterocycles. The minimum absolute atomic E-state index is 0.0567. The van der Waals surface area contributed by atoms with E-state index in [0.717, 1.165) is 12.8 Å². The Kier molecular flexibility index (Phi) is 2.94. The molecule has 1 rings (SSSR count). The number of amides is 4. The lowest BCUT2D eigenvalue weighted by molar-refractivity contribution is 0.181. The van der Waals surface area contributed by atoms with Gasteiger partial charge in [0.15, 0.2) is 0 Å².